The van der Waals surface area contributed by atoms with E-state index < -0.39 is 11.8 Å². The van der Waals surface area contributed by atoms with E-state index in [1.807, 2.05) is 0 Å². The fourth-order valence-electron chi connectivity index (χ4n) is 1.39. The standard InChI is InChI=1S/C10H13BrN4O2/c11-6-1-2-7(12)8(3-6)15(4-9(13)16)5-10(14)17/h1-3H,4-5,12H2,(H2,13,16)(H2,14,17). The minimum Gasteiger partial charge on any atom is -0.397 e. The van der Waals surface area contributed by atoms with Gasteiger partial charge in [-0.25, -0.2) is 0 Å². The Bertz CT molecular complexity index is 434. The third-order valence-corrected chi connectivity index (χ3v) is 2.52. The highest BCUT2D eigenvalue weighted by atomic mass is 79.9. The minimum absolute atomic E-state index is 0.121. The molecule has 17 heavy (non-hydrogen) atoms. The number of amides is 2. The number of primary amides is 2. The van der Waals surface area contributed by atoms with Gasteiger partial charge in [0, 0.05) is 4.47 Å². The molecule has 6 nitrogen and oxygen atoms in total. The molecule has 0 radical (unpaired) electrons. The summed E-state index contributed by atoms with van der Waals surface area (Å²) >= 11 is 3.28. The first kappa shape index (κ1) is 13.3. The Morgan fingerprint density at radius 3 is 2.18 bits per heavy atom. The highest BCUT2D eigenvalue weighted by Gasteiger charge is 2.14. The Balaban J connectivity index is 3.06. The number of nitrogens with two attached hydrogens (primary N) is 3. The van der Waals surface area contributed by atoms with Gasteiger partial charge in [0.25, 0.3) is 0 Å². The van der Waals surface area contributed by atoms with Crippen molar-refractivity contribution in [3.63, 3.8) is 0 Å². The van der Waals surface area contributed by atoms with Gasteiger partial charge in [0.05, 0.1) is 24.5 Å². The fourth-order valence-corrected chi connectivity index (χ4v) is 1.74. The summed E-state index contributed by atoms with van der Waals surface area (Å²) in [6.45, 7) is -0.243. The second-order valence-electron chi connectivity index (χ2n) is 3.49. The smallest absolute Gasteiger partial charge is 0.236 e. The third-order valence-electron chi connectivity index (χ3n) is 2.03. The van der Waals surface area contributed by atoms with Crippen molar-refractivity contribution in [2.75, 3.05) is 23.7 Å². The molecule has 1 aromatic carbocycles. The molecule has 1 rings (SSSR count). The lowest BCUT2D eigenvalue weighted by Crippen LogP contribution is -2.40. The predicted molar refractivity (Wildman–Crippen MR) is 69.2 cm³/mol. The van der Waals surface area contributed by atoms with Gasteiger partial charge < -0.3 is 22.1 Å². The number of hydrogen-bond acceptors (Lipinski definition) is 4. The van der Waals surface area contributed by atoms with Gasteiger partial charge in [-0.2, -0.15) is 0 Å². The Kier molecular flexibility index (Phi) is 4.33. The van der Waals surface area contributed by atoms with Crippen molar-refractivity contribution in [3.8, 4) is 0 Å². The van der Waals surface area contributed by atoms with Crippen LogP contribution in [0, 0.1) is 0 Å². The number of nitrogen functional groups attached to an aromatic ring is 1. The summed E-state index contributed by atoms with van der Waals surface area (Å²) in [5.41, 5.74) is 17.0. The summed E-state index contributed by atoms with van der Waals surface area (Å²) < 4.78 is 0.778. The van der Waals surface area contributed by atoms with Crippen LogP contribution in [0.15, 0.2) is 22.7 Å². The maximum atomic E-state index is 10.9. The zero-order valence-corrected chi connectivity index (χ0v) is 10.6. The van der Waals surface area contributed by atoms with E-state index in [0.717, 1.165) is 4.47 Å². The van der Waals surface area contributed by atoms with Crippen molar-refractivity contribution in [2.24, 2.45) is 11.5 Å². The van der Waals surface area contributed by atoms with Gasteiger partial charge in [-0.1, -0.05) is 15.9 Å². The van der Waals surface area contributed by atoms with Gasteiger partial charge in [0.1, 0.15) is 0 Å². The molecule has 7 heteroatoms. The molecule has 0 spiro atoms. The van der Waals surface area contributed by atoms with Crippen LogP contribution in [-0.2, 0) is 9.59 Å². The van der Waals surface area contributed by atoms with Crippen LogP contribution < -0.4 is 22.1 Å². The van der Waals surface area contributed by atoms with Crippen LogP contribution >= 0.6 is 15.9 Å². The number of rotatable bonds is 5. The fraction of sp³-hybridized carbons (Fsp3) is 0.200. The average Bonchev–Trinajstić information content (AvgIpc) is 2.19. The molecule has 0 unspecified atom stereocenters. The summed E-state index contributed by atoms with van der Waals surface area (Å²) in [6, 6.07) is 5.11. The first-order chi connectivity index (χ1) is 7.90. The van der Waals surface area contributed by atoms with E-state index in [4.69, 9.17) is 17.2 Å². The van der Waals surface area contributed by atoms with Crippen molar-refractivity contribution < 1.29 is 9.59 Å². The van der Waals surface area contributed by atoms with Crippen LogP contribution in [0.2, 0.25) is 0 Å². The highest BCUT2D eigenvalue weighted by molar-refractivity contribution is 9.10. The molecule has 0 atom stereocenters. The lowest BCUT2D eigenvalue weighted by molar-refractivity contribution is -0.117. The molecule has 1 aromatic rings. The van der Waals surface area contributed by atoms with Crippen LogP contribution in [0.5, 0.6) is 0 Å². The topological polar surface area (TPSA) is 115 Å². The van der Waals surface area contributed by atoms with Gasteiger partial charge in [-0.3, -0.25) is 9.59 Å². The van der Waals surface area contributed by atoms with E-state index in [-0.39, 0.29) is 13.1 Å². The molecular weight excluding hydrogens is 288 g/mol. The van der Waals surface area contributed by atoms with E-state index in [0.29, 0.717) is 11.4 Å². The molecule has 2 amide bonds. The van der Waals surface area contributed by atoms with Crippen molar-refractivity contribution in [3.05, 3.63) is 22.7 Å². The lowest BCUT2D eigenvalue weighted by Gasteiger charge is -2.23. The number of nitrogens with zero attached hydrogens (tertiary/aromatic N) is 1. The van der Waals surface area contributed by atoms with Crippen molar-refractivity contribution >= 4 is 39.1 Å². The highest BCUT2D eigenvalue weighted by Crippen LogP contribution is 2.26. The first-order valence-corrected chi connectivity index (χ1v) is 5.56. The summed E-state index contributed by atoms with van der Waals surface area (Å²) in [4.78, 5) is 23.3. The van der Waals surface area contributed by atoms with Gasteiger partial charge in [-0.05, 0) is 18.2 Å². The molecule has 92 valence electrons. The van der Waals surface area contributed by atoms with E-state index in [1.165, 1.54) is 4.90 Å². The summed E-state index contributed by atoms with van der Waals surface area (Å²) in [7, 11) is 0. The monoisotopic (exact) mass is 300 g/mol. The van der Waals surface area contributed by atoms with E-state index in [2.05, 4.69) is 15.9 Å². The average molecular weight is 301 g/mol. The number of carbonyl (C=O) groups is 2. The molecule has 0 aliphatic rings. The maximum Gasteiger partial charge on any atom is 0.236 e. The van der Waals surface area contributed by atoms with Crippen molar-refractivity contribution in [1.29, 1.82) is 0 Å². The maximum absolute atomic E-state index is 10.9. The SMILES string of the molecule is NC(=O)CN(CC(N)=O)c1cc(Br)ccc1N. The lowest BCUT2D eigenvalue weighted by atomic mass is 10.2. The molecule has 0 aromatic heterocycles. The second kappa shape index (κ2) is 5.53. The molecule has 0 saturated carbocycles. The molecule has 6 N–H and O–H groups in total. The number of halogens is 1. The number of carbonyl (C=O) groups excluding carboxylic acids is 2. The van der Waals surface area contributed by atoms with Crippen LogP contribution in [0.4, 0.5) is 11.4 Å². The predicted octanol–water partition coefficient (Wildman–Crippen LogP) is -0.192. The zero-order chi connectivity index (χ0) is 13.0. The summed E-state index contributed by atoms with van der Waals surface area (Å²) in [5.74, 6) is -1.13. The Hall–Kier alpha value is -1.76. The molecule has 0 bridgehead atoms. The number of anilines is 2. The van der Waals surface area contributed by atoms with Gasteiger partial charge in [-0.15, -0.1) is 0 Å². The van der Waals surface area contributed by atoms with Crippen molar-refractivity contribution in [1.82, 2.24) is 0 Å². The van der Waals surface area contributed by atoms with Gasteiger partial charge in [0.15, 0.2) is 0 Å². The third kappa shape index (κ3) is 3.95. The number of hydrogen-bond donors (Lipinski definition) is 3. The van der Waals surface area contributed by atoms with E-state index in [1.54, 1.807) is 18.2 Å². The van der Waals surface area contributed by atoms with Crippen LogP contribution in [0.1, 0.15) is 0 Å². The van der Waals surface area contributed by atoms with Crippen molar-refractivity contribution in [2.45, 2.75) is 0 Å². The molecule has 0 heterocycles. The summed E-state index contributed by atoms with van der Waals surface area (Å²) in [5, 5.41) is 0. The van der Waals surface area contributed by atoms with Crippen LogP contribution in [0.25, 0.3) is 0 Å². The van der Waals surface area contributed by atoms with E-state index in [9.17, 15) is 9.59 Å². The minimum atomic E-state index is -0.564. The second-order valence-corrected chi connectivity index (χ2v) is 4.41. The van der Waals surface area contributed by atoms with Crippen LogP contribution in [0.3, 0.4) is 0 Å². The Labute approximate surface area is 107 Å². The molecule has 0 fully saturated rings. The molecule has 0 aliphatic carbocycles. The first-order valence-electron chi connectivity index (χ1n) is 4.76. The molecule has 0 aliphatic heterocycles. The largest absolute Gasteiger partial charge is 0.397 e. The zero-order valence-electron chi connectivity index (χ0n) is 9.02. The van der Waals surface area contributed by atoms with Gasteiger partial charge in [0.2, 0.25) is 11.8 Å². The molecular formula is C10H13BrN4O2. The Morgan fingerprint density at radius 1 is 1.18 bits per heavy atom. The number of benzene rings is 1. The normalized spacial score (nSPS) is 9.94. The van der Waals surface area contributed by atoms with E-state index >= 15 is 0 Å². The summed E-state index contributed by atoms with van der Waals surface area (Å²) in [6.07, 6.45) is 0. The molecule has 0 saturated heterocycles. The van der Waals surface area contributed by atoms with Gasteiger partial charge >= 0.3 is 0 Å². The van der Waals surface area contributed by atoms with Crippen LogP contribution in [-0.4, -0.2) is 24.9 Å². The quantitative estimate of drug-likeness (QED) is 0.654. The Morgan fingerprint density at radius 2 is 1.71 bits per heavy atom.